The van der Waals surface area contributed by atoms with Crippen LogP contribution in [0.5, 0.6) is 0 Å². The van der Waals surface area contributed by atoms with Crippen LogP contribution in [0.1, 0.15) is 21.5 Å². The van der Waals surface area contributed by atoms with Crippen LogP contribution in [0.25, 0.3) is 0 Å². The molecule has 1 radical (unpaired) electrons. The van der Waals surface area contributed by atoms with Crippen molar-refractivity contribution in [1.82, 2.24) is 0 Å². The standard InChI is InChI=1S/C10H11O/c1-7-5-4-6-10(8(7)2)9(3)11/h4-6H,3H2,1-2H3. The second-order valence-electron chi connectivity index (χ2n) is 2.67. The maximum atomic E-state index is 10.9. The minimum atomic E-state index is -0.105. The predicted molar refractivity (Wildman–Crippen MR) is 45.6 cm³/mol. The lowest BCUT2D eigenvalue weighted by Crippen LogP contribution is -1.97. The molecule has 0 spiro atoms. The van der Waals surface area contributed by atoms with Crippen LogP contribution in [-0.2, 0) is 0 Å². The zero-order valence-corrected chi connectivity index (χ0v) is 6.85. The number of aryl methyl sites for hydroxylation is 1. The van der Waals surface area contributed by atoms with E-state index in [2.05, 4.69) is 6.92 Å². The smallest absolute Gasteiger partial charge is 0.163 e. The molecule has 11 heavy (non-hydrogen) atoms. The Morgan fingerprint density at radius 2 is 2.00 bits per heavy atom. The van der Waals surface area contributed by atoms with Gasteiger partial charge in [-0.05, 0) is 25.0 Å². The molecule has 0 unspecified atom stereocenters. The number of carbonyl (C=O) groups is 1. The van der Waals surface area contributed by atoms with Gasteiger partial charge in [-0.25, -0.2) is 0 Å². The Morgan fingerprint density at radius 1 is 1.36 bits per heavy atom. The first-order valence-corrected chi connectivity index (χ1v) is 3.55. The number of ketones is 1. The number of Topliss-reactive ketones (excluding diaryl/α,β-unsaturated/α-hetero) is 1. The van der Waals surface area contributed by atoms with E-state index in [1.807, 2.05) is 26.0 Å². The van der Waals surface area contributed by atoms with Crippen molar-refractivity contribution in [3.63, 3.8) is 0 Å². The molecular weight excluding hydrogens is 136 g/mol. The molecule has 0 heterocycles. The second kappa shape index (κ2) is 2.87. The summed E-state index contributed by atoms with van der Waals surface area (Å²) in [4.78, 5) is 10.9. The largest absolute Gasteiger partial charge is 0.294 e. The summed E-state index contributed by atoms with van der Waals surface area (Å²) in [6.07, 6.45) is 0. The lowest BCUT2D eigenvalue weighted by molar-refractivity contribution is 0.104. The minimum Gasteiger partial charge on any atom is -0.294 e. The molecule has 1 aromatic carbocycles. The molecule has 0 saturated carbocycles. The molecule has 1 heteroatoms. The van der Waals surface area contributed by atoms with E-state index in [1.54, 1.807) is 6.07 Å². The van der Waals surface area contributed by atoms with Crippen molar-refractivity contribution in [3.05, 3.63) is 41.8 Å². The van der Waals surface area contributed by atoms with Crippen LogP contribution >= 0.6 is 0 Å². The van der Waals surface area contributed by atoms with E-state index in [0.29, 0.717) is 0 Å². The highest BCUT2D eigenvalue weighted by atomic mass is 16.1. The van der Waals surface area contributed by atoms with E-state index in [4.69, 9.17) is 0 Å². The molecule has 0 N–H and O–H groups in total. The second-order valence-corrected chi connectivity index (χ2v) is 2.67. The van der Waals surface area contributed by atoms with Crippen LogP contribution in [0.2, 0.25) is 0 Å². The van der Waals surface area contributed by atoms with E-state index in [-0.39, 0.29) is 5.78 Å². The first-order chi connectivity index (χ1) is 5.13. The van der Waals surface area contributed by atoms with Crippen molar-refractivity contribution in [2.24, 2.45) is 0 Å². The average Bonchev–Trinajstić information content (AvgIpc) is 1.94. The van der Waals surface area contributed by atoms with Gasteiger partial charge in [0.15, 0.2) is 5.78 Å². The maximum Gasteiger partial charge on any atom is 0.163 e. The topological polar surface area (TPSA) is 17.1 Å². The van der Waals surface area contributed by atoms with Gasteiger partial charge in [0.05, 0.1) is 0 Å². The van der Waals surface area contributed by atoms with Gasteiger partial charge >= 0.3 is 0 Å². The Kier molecular flexibility index (Phi) is 2.08. The van der Waals surface area contributed by atoms with E-state index >= 15 is 0 Å². The van der Waals surface area contributed by atoms with Gasteiger partial charge in [-0.1, -0.05) is 18.2 Å². The van der Waals surface area contributed by atoms with Gasteiger partial charge in [0.25, 0.3) is 0 Å². The number of benzene rings is 1. The fourth-order valence-corrected chi connectivity index (χ4v) is 1.05. The number of hydrogen-bond acceptors (Lipinski definition) is 1. The summed E-state index contributed by atoms with van der Waals surface area (Å²) in [6, 6.07) is 5.67. The van der Waals surface area contributed by atoms with Crippen LogP contribution < -0.4 is 0 Å². The van der Waals surface area contributed by atoms with Crippen LogP contribution in [0, 0.1) is 20.8 Å². The Labute approximate surface area is 67.1 Å². The summed E-state index contributed by atoms with van der Waals surface area (Å²) >= 11 is 0. The predicted octanol–water partition coefficient (Wildman–Crippen LogP) is 2.32. The Balaban J connectivity index is 3.27. The van der Waals surface area contributed by atoms with Crippen molar-refractivity contribution in [3.8, 4) is 0 Å². The molecule has 1 rings (SSSR count). The van der Waals surface area contributed by atoms with E-state index in [1.165, 1.54) is 0 Å². The van der Waals surface area contributed by atoms with Gasteiger partial charge in [0.1, 0.15) is 0 Å². The molecular formula is C10H11O. The van der Waals surface area contributed by atoms with Crippen molar-refractivity contribution >= 4 is 5.78 Å². The summed E-state index contributed by atoms with van der Waals surface area (Å²) in [5.41, 5.74) is 2.90. The zero-order chi connectivity index (χ0) is 8.43. The summed E-state index contributed by atoms with van der Waals surface area (Å²) in [5.74, 6) is -0.105. The van der Waals surface area contributed by atoms with E-state index in [9.17, 15) is 4.79 Å². The molecule has 0 aliphatic carbocycles. The summed E-state index contributed by atoms with van der Waals surface area (Å²) in [5, 5.41) is 0. The van der Waals surface area contributed by atoms with Crippen molar-refractivity contribution in [2.75, 3.05) is 0 Å². The first-order valence-electron chi connectivity index (χ1n) is 3.55. The number of carbonyl (C=O) groups excluding carboxylic acids is 1. The third-order valence-electron chi connectivity index (χ3n) is 1.91. The highest BCUT2D eigenvalue weighted by Crippen LogP contribution is 2.12. The van der Waals surface area contributed by atoms with Gasteiger partial charge in [0.2, 0.25) is 0 Å². The molecule has 0 aromatic heterocycles. The molecule has 0 saturated heterocycles. The number of hydrogen-bond donors (Lipinski definition) is 0. The fraction of sp³-hybridized carbons (Fsp3) is 0.200. The molecule has 1 aromatic rings. The van der Waals surface area contributed by atoms with Crippen molar-refractivity contribution in [1.29, 1.82) is 0 Å². The van der Waals surface area contributed by atoms with Gasteiger partial charge in [-0.15, -0.1) is 0 Å². The quantitative estimate of drug-likeness (QED) is 0.557. The Morgan fingerprint density at radius 3 is 2.45 bits per heavy atom. The number of rotatable bonds is 1. The van der Waals surface area contributed by atoms with Crippen molar-refractivity contribution < 1.29 is 4.79 Å². The Bertz CT molecular complexity index is 287. The van der Waals surface area contributed by atoms with Gasteiger partial charge < -0.3 is 0 Å². The van der Waals surface area contributed by atoms with Gasteiger partial charge in [-0.2, -0.15) is 0 Å². The summed E-state index contributed by atoms with van der Waals surface area (Å²) < 4.78 is 0. The molecule has 0 aliphatic rings. The first kappa shape index (κ1) is 7.99. The van der Waals surface area contributed by atoms with Gasteiger partial charge in [-0.3, -0.25) is 4.79 Å². The average molecular weight is 147 g/mol. The molecule has 0 aliphatic heterocycles. The summed E-state index contributed by atoms with van der Waals surface area (Å²) in [6.45, 7) is 7.30. The SMILES string of the molecule is [CH2]C(=O)c1cccc(C)c1C. The minimum absolute atomic E-state index is 0.105. The maximum absolute atomic E-state index is 10.9. The van der Waals surface area contributed by atoms with E-state index in [0.717, 1.165) is 16.7 Å². The molecule has 0 atom stereocenters. The highest BCUT2D eigenvalue weighted by molar-refractivity contribution is 6.00. The summed E-state index contributed by atoms with van der Waals surface area (Å²) in [7, 11) is 0. The monoisotopic (exact) mass is 147 g/mol. The van der Waals surface area contributed by atoms with Crippen LogP contribution in [0.15, 0.2) is 18.2 Å². The van der Waals surface area contributed by atoms with Crippen molar-refractivity contribution in [2.45, 2.75) is 13.8 Å². The lowest BCUT2D eigenvalue weighted by Gasteiger charge is -2.03. The lowest BCUT2D eigenvalue weighted by atomic mass is 10.0. The van der Waals surface area contributed by atoms with Crippen LogP contribution in [0.3, 0.4) is 0 Å². The molecule has 0 bridgehead atoms. The third-order valence-corrected chi connectivity index (χ3v) is 1.91. The van der Waals surface area contributed by atoms with Gasteiger partial charge in [0, 0.05) is 12.5 Å². The molecule has 57 valence electrons. The molecule has 1 nitrogen and oxygen atoms in total. The van der Waals surface area contributed by atoms with E-state index < -0.39 is 0 Å². The normalized spacial score (nSPS) is 9.73. The Hall–Kier alpha value is -1.11. The zero-order valence-electron chi connectivity index (χ0n) is 6.85. The highest BCUT2D eigenvalue weighted by Gasteiger charge is 2.03. The molecule has 0 fully saturated rings. The van der Waals surface area contributed by atoms with Crippen LogP contribution in [0.4, 0.5) is 0 Å². The molecule has 0 amide bonds. The third kappa shape index (κ3) is 1.48. The van der Waals surface area contributed by atoms with Crippen LogP contribution in [-0.4, -0.2) is 5.78 Å². The fourth-order valence-electron chi connectivity index (χ4n) is 1.05.